The standard InChI is InChI=1S/C9H12BrNO2S/c1-6-2-9(11-3-8(6)10)14-5-7(13)4-12/h2-3,7,12-13H,4-5H2,1H3. The van der Waals surface area contributed by atoms with Crippen molar-refractivity contribution in [2.75, 3.05) is 12.4 Å². The molecule has 0 bridgehead atoms. The molecule has 1 aromatic heterocycles. The van der Waals surface area contributed by atoms with Crippen LogP contribution in [0.2, 0.25) is 0 Å². The first kappa shape index (κ1) is 12.0. The van der Waals surface area contributed by atoms with Crippen molar-refractivity contribution in [3.8, 4) is 0 Å². The number of aliphatic hydroxyl groups excluding tert-OH is 2. The number of hydrogen-bond acceptors (Lipinski definition) is 4. The van der Waals surface area contributed by atoms with Gasteiger partial charge in [-0.25, -0.2) is 4.98 Å². The van der Waals surface area contributed by atoms with Crippen molar-refractivity contribution in [1.29, 1.82) is 0 Å². The third kappa shape index (κ3) is 3.57. The highest BCUT2D eigenvalue weighted by molar-refractivity contribution is 9.10. The van der Waals surface area contributed by atoms with Crippen molar-refractivity contribution in [2.24, 2.45) is 0 Å². The van der Waals surface area contributed by atoms with Gasteiger partial charge in [0.15, 0.2) is 0 Å². The molecule has 78 valence electrons. The van der Waals surface area contributed by atoms with Crippen LogP contribution in [0.15, 0.2) is 21.8 Å². The molecule has 5 heteroatoms. The van der Waals surface area contributed by atoms with Crippen molar-refractivity contribution >= 4 is 27.7 Å². The summed E-state index contributed by atoms with van der Waals surface area (Å²) in [7, 11) is 0. The minimum Gasteiger partial charge on any atom is -0.394 e. The van der Waals surface area contributed by atoms with Crippen LogP contribution in [0, 0.1) is 6.92 Å². The first-order valence-corrected chi connectivity index (χ1v) is 5.95. The molecule has 0 fully saturated rings. The lowest BCUT2D eigenvalue weighted by Gasteiger charge is -2.06. The van der Waals surface area contributed by atoms with Crippen LogP contribution in [-0.4, -0.2) is 33.7 Å². The number of rotatable bonds is 4. The van der Waals surface area contributed by atoms with Gasteiger partial charge in [-0.1, -0.05) is 0 Å². The van der Waals surface area contributed by atoms with E-state index in [1.54, 1.807) is 6.20 Å². The van der Waals surface area contributed by atoms with E-state index < -0.39 is 6.10 Å². The van der Waals surface area contributed by atoms with Crippen LogP contribution in [0.4, 0.5) is 0 Å². The lowest BCUT2D eigenvalue weighted by Crippen LogP contribution is -2.14. The normalized spacial score (nSPS) is 12.9. The van der Waals surface area contributed by atoms with E-state index in [-0.39, 0.29) is 6.61 Å². The van der Waals surface area contributed by atoms with Crippen LogP contribution in [0.5, 0.6) is 0 Å². The van der Waals surface area contributed by atoms with Gasteiger partial charge in [-0.15, -0.1) is 11.8 Å². The molecule has 2 N–H and O–H groups in total. The summed E-state index contributed by atoms with van der Waals surface area (Å²) in [5.41, 5.74) is 1.11. The molecule has 0 saturated carbocycles. The second kappa shape index (κ2) is 5.70. The van der Waals surface area contributed by atoms with Gasteiger partial charge in [0, 0.05) is 16.4 Å². The molecular weight excluding hydrogens is 266 g/mol. The van der Waals surface area contributed by atoms with Crippen molar-refractivity contribution in [2.45, 2.75) is 18.1 Å². The second-order valence-electron chi connectivity index (χ2n) is 2.92. The van der Waals surface area contributed by atoms with E-state index in [1.165, 1.54) is 11.8 Å². The molecule has 3 nitrogen and oxygen atoms in total. The number of hydrogen-bond donors (Lipinski definition) is 2. The zero-order valence-electron chi connectivity index (χ0n) is 7.77. The summed E-state index contributed by atoms with van der Waals surface area (Å²) in [6.45, 7) is 1.78. The third-order valence-corrected chi connectivity index (χ3v) is 3.56. The summed E-state index contributed by atoms with van der Waals surface area (Å²) in [5, 5.41) is 18.6. The zero-order valence-corrected chi connectivity index (χ0v) is 10.2. The van der Waals surface area contributed by atoms with Crippen molar-refractivity contribution < 1.29 is 10.2 Å². The van der Waals surface area contributed by atoms with Crippen molar-refractivity contribution in [3.63, 3.8) is 0 Å². The predicted octanol–water partition coefficient (Wildman–Crippen LogP) is 1.60. The molecule has 0 aliphatic heterocycles. The van der Waals surface area contributed by atoms with Crippen molar-refractivity contribution in [1.82, 2.24) is 4.98 Å². The van der Waals surface area contributed by atoms with Crippen LogP contribution in [-0.2, 0) is 0 Å². The molecule has 0 aromatic carbocycles. The van der Waals surface area contributed by atoms with Gasteiger partial charge >= 0.3 is 0 Å². The van der Waals surface area contributed by atoms with Crippen LogP contribution in [0.1, 0.15) is 5.56 Å². The van der Waals surface area contributed by atoms with E-state index >= 15 is 0 Å². The number of pyridine rings is 1. The molecule has 14 heavy (non-hydrogen) atoms. The predicted molar refractivity (Wildman–Crippen MR) is 60.5 cm³/mol. The molecule has 0 aliphatic carbocycles. The van der Waals surface area contributed by atoms with Gasteiger partial charge in [-0.3, -0.25) is 0 Å². The summed E-state index contributed by atoms with van der Waals surface area (Å²) >= 11 is 4.80. The molecule has 1 aromatic rings. The Bertz CT molecular complexity index is 309. The molecular formula is C9H12BrNO2S. The van der Waals surface area contributed by atoms with E-state index in [9.17, 15) is 0 Å². The Morgan fingerprint density at radius 1 is 1.64 bits per heavy atom. The van der Waals surface area contributed by atoms with Crippen LogP contribution >= 0.6 is 27.7 Å². The maximum atomic E-state index is 9.14. The highest BCUT2D eigenvalue weighted by Crippen LogP contribution is 2.21. The van der Waals surface area contributed by atoms with Gasteiger partial charge in [-0.05, 0) is 34.5 Å². The zero-order chi connectivity index (χ0) is 10.6. The monoisotopic (exact) mass is 277 g/mol. The van der Waals surface area contributed by atoms with E-state index in [2.05, 4.69) is 20.9 Å². The summed E-state index contributed by atoms with van der Waals surface area (Å²) in [5.74, 6) is 0.463. The van der Waals surface area contributed by atoms with Gasteiger partial charge < -0.3 is 10.2 Å². The molecule has 0 saturated heterocycles. The van der Waals surface area contributed by atoms with E-state index in [0.717, 1.165) is 15.1 Å². The van der Waals surface area contributed by atoms with Crippen LogP contribution in [0.25, 0.3) is 0 Å². The van der Waals surface area contributed by atoms with Gasteiger partial charge in [0.25, 0.3) is 0 Å². The molecule has 0 spiro atoms. The lowest BCUT2D eigenvalue weighted by molar-refractivity contribution is 0.113. The Balaban J connectivity index is 2.55. The Hall–Kier alpha value is -0.100. The number of thioether (sulfide) groups is 1. The SMILES string of the molecule is Cc1cc(SCC(O)CO)ncc1Br. The molecule has 1 heterocycles. The molecule has 0 aliphatic rings. The Morgan fingerprint density at radius 2 is 2.36 bits per heavy atom. The summed E-state index contributed by atoms with van der Waals surface area (Å²) in [6.07, 6.45) is 1.06. The van der Waals surface area contributed by atoms with E-state index in [4.69, 9.17) is 10.2 Å². The fourth-order valence-corrected chi connectivity index (χ4v) is 1.90. The maximum Gasteiger partial charge on any atom is 0.0964 e. The minimum absolute atomic E-state index is 0.206. The fourth-order valence-electron chi connectivity index (χ4n) is 0.827. The highest BCUT2D eigenvalue weighted by Gasteiger charge is 2.04. The number of aliphatic hydroxyl groups is 2. The minimum atomic E-state index is -0.675. The number of nitrogens with zero attached hydrogens (tertiary/aromatic N) is 1. The average Bonchev–Trinajstić information content (AvgIpc) is 2.19. The maximum absolute atomic E-state index is 9.14. The summed E-state index contributed by atoms with van der Waals surface area (Å²) < 4.78 is 0.976. The van der Waals surface area contributed by atoms with Crippen LogP contribution < -0.4 is 0 Å². The quantitative estimate of drug-likeness (QED) is 0.821. The van der Waals surface area contributed by atoms with Crippen molar-refractivity contribution in [3.05, 3.63) is 22.3 Å². The lowest BCUT2D eigenvalue weighted by atomic mass is 10.3. The van der Waals surface area contributed by atoms with Gasteiger partial charge in [0.2, 0.25) is 0 Å². The first-order valence-electron chi connectivity index (χ1n) is 4.17. The molecule has 0 amide bonds. The summed E-state index contributed by atoms with van der Waals surface area (Å²) in [4.78, 5) is 4.17. The molecule has 1 atom stereocenters. The fraction of sp³-hybridized carbons (Fsp3) is 0.444. The highest BCUT2D eigenvalue weighted by atomic mass is 79.9. The second-order valence-corrected chi connectivity index (χ2v) is 4.81. The smallest absolute Gasteiger partial charge is 0.0964 e. The Labute approximate surface area is 95.7 Å². The van der Waals surface area contributed by atoms with Crippen LogP contribution in [0.3, 0.4) is 0 Å². The Kier molecular flexibility index (Phi) is 4.88. The largest absolute Gasteiger partial charge is 0.394 e. The van der Waals surface area contributed by atoms with Gasteiger partial charge in [0.05, 0.1) is 17.7 Å². The first-order chi connectivity index (χ1) is 6.63. The average molecular weight is 278 g/mol. The molecule has 0 radical (unpaired) electrons. The molecule has 1 rings (SSSR count). The Morgan fingerprint density at radius 3 is 2.93 bits per heavy atom. The summed E-state index contributed by atoms with van der Waals surface area (Å²) in [6, 6.07) is 1.94. The van der Waals surface area contributed by atoms with E-state index in [1.807, 2.05) is 13.0 Å². The van der Waals surface area contributed by atoms with Gasteiger partial charge in [-0.2, -0.15) is 0 Å². The molecule has 1 unspecified atom stereocenters. The third-order valence-electron chi connectivity index (χ3n) is 1.66. The number of aromatic nitrogens is 1. The topological polar surface area (TPSA) is 53.4 Å². The number of aryl methyl sites for hydroxylation is 1. The van der Waals surface area contributed by atoms with Gasteiger partial charge in [0.1, 0.15) is 0 Å². The van der Waals surface area contributed by atoms with E-state index in [0.29, 0.717) is 5.75 Å². The number of halogens is 1.